The highest BCUT2D eigenvalue weighted by atomic mass is 14.9. The third kappa shape index (κ3) is 3.08. The molecule has 1 fully saturated rings. The lowest BCUT2D eigenvalue weighted by molar-refractivity contribution is -0.633. The summed E-state index contributed by atoms with van der Waals surface area (Å²) in [5.41, 5.74) is 8.17. The van der Waals surface area contributed by atoms with Crippen LogP contribution in [0.25, 0.3) is 22.2 Å². The number of nitrogens with zero attached hydrogens (tertiary/aromatic N) is 1. The Hall–Kier alpha value is -2.15. The van der Waals surface area contributed by atoms with Gasteiger partial charge in [-0.1, -0.05) is 43.0 Å². The van der Waals surface area contributed by atoms with Crippen LogP contribution >= 0.6 is 0 Å². The van der Waals surface area contributed by atoms with Crippen molar-refractivity contribution in [1.82, 2.24) is 0 Å². The van der Waals surface area contributed by atoms with Gasteiger partial charge in [0, 0.05) is 23.1 Å². The van der Waals surface area contributed by atoms with Crippen LogP contribution in [-0.4, -0.2) is 0 Å². The first-order valence-electron chi connectivity index (χ1n) is 9.64. The largest absolute Gasteiger partial charge is 0.213 e. The van der Waals surface area contributed by atoms with Crippen LogP contribution in [0.4, 0.5) is 0 Å². The predicted molar refractivity (Wildman–Crippen MR) is 106 cm³/mol. The predicted octanol–water partition coefficient (Wildman–Crippen LogP) is 6.00. The lowest BCUT2D eigenvalue weighted by Gasteiger charge is -2.21. The summed E-state index contributed by atoms with van der Waals surface area (Å²) in [6.07, 6.45) is 6.89. The fourth-order valence-electron chi connectivity index (χ4n) is 4.37. The van der Waals surface area contributed by atoms with Crippen LogP contribution in [0.1, 0.15) is 54.7 Å². The molecule has 0 amide bonds. The van der Waals surface area contributed by atoms with Crippen molar-refractivity contribution >= 4 is 10.9 Å². The molecule has 1 aromatic heterocycles. The Labute approximate surface area is 151 Å². The van der Waals surface area contributed by atoms with Crippen molar-refractivity contribution < 1.29 is 4.57 Å². The van der Waals surface area contributed by atoms with Crippen LogP contribution in [0.15, 0.2) is 48.5 Å². The molecule has 128 valence electrons. The normalized spacial score (nSPS) is 15.6. The maximum absolute atomic E-state index is 2.44. The minimum absolute atomic E-state index is 0.752. The second-order valence-corrected chi connectivity index (χ2v) is 7.75. The topological polar surface area (TPSA) is 3.88 Å². The maximum Gasteiger partial charge on any atom is 0.213 e. The zero-order valence-electron chi connectivity index (χ0n) is 15.7. The highest BCUT2D eigenvalue weighted by Crippen LogP contribution is 2.34. The number of hydrogen-bond donors (Lipinski definition) is 0. The number of benzene rings is 2. The number of hydrogen-bond acceptors (Lipinski definition) is 0. The Balaban J connectivity index is 1.84. The van der Waals surface area contributed by atoms with Gasteiger partial charge in [-0.25, -0.2) is 0 Å². The molecule has 0 unspecified atom stereocenters. The summed E-state index contributed by atoms with van der Waals surface area (Å²) in [5, 5.41) is 1.33. The van der Waals surface area contributed by atoms with Gasteiger partial charge in [0.2, 0.25) is 11.2 Å². The van der Waals surface area contributed by atoms with Crippen molar-refractivity contribution in [2.24, 2.45) is 7.05 Å². The number of fused-ring (bicyclic) bond motifs is 1. The van der Waals surface area contributed by atoms with Crippen LogP contribution in [0.2, 0.25) is 0 Å². The molecule has 3 aromatic rings. The van der Waals surface area contributed by atoms with Crippen molar-refractivity contribution in [2.45, 2.75) is 51.9 Å². The minimum atomic E-state index is 0.752. The molecule has 0 aliphatic heterocycles. The maximum atomic E-state index is 2.44. The molecule has 1 heterocycles. The van der Waals surface area contributed by atoms with Gasteiger partial charge in [0.05, 0.1) is 0 Å². The fourth-order valence-corrected chi connectivity index (χ4v) is 4.37. The highest BCUT2D eigenvalue weighted by molar-refractivity contribution is 5.79. The summed E-state index contributed by atoms with van der Waals surface area (Å²) < 4.78 is 2.38. The zero-order valence-corrected chi connectivity index (χ0v) is 15.7. The molecule has 0 radical (unpaired) electrons. The van der Waals surface area contributed by atoms with Crippen LogP contribution < -0.4 is 4.57 Å². The molecular weight excluding hydrogens is 302 g/mol. The standard InChI is InChI=1S/C24H28N/c1-17-9-10-18(2)22(15-17)23-14-13-20-11-12-21(16-24(20)25(23)3)19-7-5-4-6-8-19/h9-16,19H,4-8H2,1-3H3/q+1. The van der Waals surface area contributed by atoms with Gasteiger partial charge in [-0.2, -0.15) is 4.57 Å². The molecule has 25 heavy (non-hydrogen) atoms. The molecule has 0 bridgehead atoms. The third-order valence-electron chi connectivity index (χ3n) is 5.94. The Morgan fingerprint density at radius 2 is 1.60 bits per heavy atom. The molecular formula is C24H28N+. The van der Waals surface area contributed by atoms with Crippen molar-refractivity contribution in [2.75, 3.05) is 0 Å². The van der Waals surface area contributed by atoms with E-state index < -0.39 is 0 Å². The number of pyridine rings is 1. The van der Waals surface area contributed by atoms with E-state index in [9.17, 15) is 0 Å². The first-order valence-corrected chi connectivity index (χ1v) is 9.64. The quantitative estimate of drug-likeness (QED) is 0.508. The second-order valence-electron chi connectivity index (χ2n) is 7.75. The second kappa shape index (κ2) is 6.63. The Morgan fingerprint density at radius 1 is 0.840 bits per heavy atom. The van der Waals surface area contributed by atoms with Gasteiger partial charge >= 0.3 is 0 Å². The molecule has 1 nitrogen and oxygen atoms in total. The molecule has 1 saturated carbocycles. The smallest absolute Gasteiger partial charge is 0.194 e. The molecule has 1 aliphatic carbocycles. The van der Waals surface area contributed by atoms with Gasteiger partial charge in [-0.05, 0) is 61.9 Å². The average Bonchev–Trinajstić information content (AvgIpc) is 2.65. The first kappa shape index (κ1) is 16.3. The van der Waals surface area contributed by atoms with Crippen LogP contribution in [0.5, 0.6) is 0 Å². The summed E-state index contributed by atoms with van der Waals surface area (Å²) in [6.45, 7) is 4.38. The van der Waals surface area contributed by atoms with Crippen LogP contribution in [-0.2, 0) is 7.05 Å². The third-order valence-corrected chi connectivity index (χ3v) is 5.94. The van der Waals surface area contributed by atoms with Gasteiger partial charge < -0.3 is 0 Å². The molecule has 0 atom stereocenters. The Kier molecular flexibility index (Phi) is 4.33. The molecule has 0 saturated heterocycles. The lowest BCUT2D eigenvalue weighted by atomic mass is 9.84. The zero-order chi connectivity index (χ0) is 17.4. The van der Waals surface area contributed by atoms with E-state index in [1.807, 2.05) is 0 Å². The molecule has 2 aromatic carbocycles. The number of rotatable bonds is 2. The number of aryl methyl sites for hydroxylation is 3. The van der Waals surface area contributed by atoms with E-state index in [0.717, 1.165) is 5.92 Å². The van der Waals surface area contributed by atoms with Gasteiger partial charge in [-0.3, -0.25) is 0 Å². The van der Waals surface area contributed by atoms with Crippen molar-refractivity contribution in [3.8, 4) is 11.3 Å². The lowest BCUT2D eigenvalue weighted by Crippen LogP contribution is -2.32. The Bertz CT molecular complexity index is 917. The minimum Gasteiger partial charge on any atom is -0.194 e. The van der Waals surface area contributed by atoms with Gasteiger partial charge in [-0.15, -0.1) is 0 Å². The van der Waals surface area contributed by atoms with Gasteiger partial charge in [0.25, 0.3) is 0 Å². The summed E-state index contributed by atoms with van der Waals surface area (Å²) in [7, 11) is 2.21. The summed E-state index contributed by atoms with van der Waals surface area (Å²) >= 11 is 0. The number of aromatic nitrogens is 1. The van der Waals surface area contributed by atoms with E-state index in [1.54, 1.807) is 0 Å². The molecule has 1 aliphatic rings. The average molecular weight is 330 g/mol. The fraction of sp³-hybridized carbons (Fsp3) is 0.375. The highest BCUT2D eigenvalue weighted by Gasteiger charge is 2.20. The van der Waals surface area contributed by atoms with E-state index in [4.69, 9.17) is 0 Å². The van der Waals surface area contributed by atoms with E-state index in [1.165, 1.54) is 71.0 Å². The molecule has 1 heteroatoms. The van der Waals surface area contributed by atoms with Crippen molar-refractivity contribution in [3.63, 3.8) is 0 Å². The monoisotopic (exact) mass is 330 g/mol. The van der Waals surface area contributed by atoms with Crippen molar-refractivity contribution in [3.05, 3.63) is 65.2 Å². The summed E-state index contributed by atoms with van der Waals surface area (Å²) in [6, 6.07) is 18.4. The molecule has 4 rings (SSSR count). The van der Waals surface area contributed by atoms with E-state index in [2.05, 4.69) is 74.0 Å². The van der Waals surface area contributed by atoms with E-state index >= 15 is 0 Å². The van der Waals surface area contributed by atoms with E-state index in [0.29, 0.717) is 0 Å². The Morgan fingerprint density at radius 3 is 2.40 bits per heavy atom. The van der Waals surface area contributed by atoms with Crippen molar-refractivity contribution in [1.29, 1.82) is 0 Å². The van der Waals surface area contributed by atoms with Crippen LogP contribution in [0, 0.1) is 13.8 Å². The summed E-state index contributed by atoms with van der Waals surface area (Å²) in [4.78, 5) is 0. The van der Waals surface area contributed by atoms with Gasteiger partial charge in [0.15, 0.2) is 0 Å². The van der Waals surface area contributed by atoms with Gasteiger partial charge in [0.1, 0.15) is 7.05 Å². The first-order chi connectivity index (χ1) is 12.1. The van der Waals surface area contributed by atoms with E-state index in [-0.39, 0.29) is 0 Å². The molecule has 0 N–H and O–H groups in total. The summed E-state index contributed by atoms with van der Waals surface area (Å²) in [5.74, 6) is 0.752. The SMILES string of the molecule is Cc1ccc(C)c(-c2ccc3ccc(C4CCCCC4)cc3[n+]2C)c1. The molecule has 0 spiro atoms. The van der Waals surface area contributed by atoms with Crippen LogP contribution in [0.3, 0.4) is 0 Å².